The van der Waals surface area contributed by atoms with E-state index in [9.17, 15) is 9.59 Å². The van der Waals surface area contributed by atoms with E-state index in [0.29, 0.717) is 23.7 Å². The summed E-state index contributed by atoms with van der Waals surface area (Å²) in [6, 6.07) is 5.49. The van der Waals surface area contributed by atoms with Gasteiger partial charge in [-0.05, 0) is 32.0 Å². The number of hydrogen-bond acceptors (Lipinski definition) is 5. The van der Waals surface area contributed by atoms with E-state index in [1.165, 1.54) is 11.3 Å². The lowest BCUT2D eigenvalue weighted by atomic mass is 10.2. The summed E-state index contributed by atoms with van der Waals surface area (Å²) in [6.07, 6.45) is 1.85. The molecule has 23 heavy (non-hydrogen) atoms. The third kappa shape index (κ3) is 2.74. The second-order valence-corrected chi connectivity index (χ2v) is 6.71. The number of esters is 2. The van der Waals surface area contributed by atoms with Gasteiger partial charge in [0.15, 0.2) is 0 Å². The molecular weight excluding hydrogens is 382 g/mol. The molecule has 0 aliphatic heterocycles. The smallest absolute Gasteiger partial charge is 0.348 e. The number of thiophene rings is 1. The van der Waals surface area contributed by atoms with Gasteiger partial charge in [0.2, 0.25) is 0 Å². The van der Waals surface area contributed by atoms with E-state index in [1.54, 1.807) is 19.9 Å². The monoisotopic (exact) mass is 395 g/mol. The van der Waals surface area contributed by atoms with Gasteiger partial charge < -0.3 is 13.9 Å². The first-order valence-corrected chi connectivity index (χ1v) is 8.75. The van der Waals surface area contributed by atoms with Crippen molar-refractivity contribution in [1.82, 2.24) is 4.40 Å². The summed E-state index contributed by atoms with van der Waals surface area (Å²) in [5.74, 6) is -0.773. The van der Waals surface area contributed by atoms with Crippen LogP contribution < -0.4 is 0 Å². The molecule has 0 N–H and O–H groups in total. The molecule has 3 heterocycles. The van der Waals surface area contributed by atoms with Crippen LogP contribution in [0.4, 0.5) is 0 Å². The summed E-state index contributed by atoms with van der Waals surface area (Å²) < 4.78 is 13.7. The first-order valence-electron chi connectivity index (χ1n) is 7.14. The molecule has 0 saturated carbocycles. The predicted molar refractivity (Wildman–Crippen MR) is 92.4 cm³/mol. The number of carbonyl (C=O) groups is 2. The number of halogens is 1. The van der Waals surface area contributed by atoms with Crippen LogP contribution in [0.2, 0.25) is 0 Å². The number of fused-ring (bicyclic) bond motifs is 3. The lowest BCUT2D eigenvalue weighted by Crippen LogP contribution is -2.04. The van der Waals surface area contributed by atoms with Crippen LogP contribution in [-0.2, 0) is 9.47 Å². The number of pyridine rings is 1. The Bertz CT molecular complexity index is 912. The van der Waals surface area contributed by atoms with Crippen LogP contribution in [0.1, 0.15) is 33.9 Å². The molecule has 0 aromatic carbocycles. The fourth-order valence-electron chi connectivity index (χ4n) is 2.44. The zero-order chi connectivity index (χ0) is 16.6. The van der Waals surface area contributed by atoms with Crippen molar-refractivity contribution in [2.75, 3.05) is 13.2 Å². The Labute approximate surface area is 144 Å². The molecule has 5 nitrogen and oxygen atoms in total. The Morgan fingerprint density at radius 3 is 2.52 bits per heavy atom. The van der Waals surface area contributed by atoms with E-state index < -0.39 is 5.97 Å². The maximum Gasteiger partial charge on any atom is 0.348 e. The zero-order valence-corrected chi connectivity index (χ0v) is 15.0. The molecule has 3 aromatic heterocycles. The SMILES string of the molecule is CCOC(=O)c1cc2c(s1)c(C(=O)OCC)c1cc(Br)ccn12. The Morgan fingerprint density at radius 1 is 1.13 bits per heavy atom. The van der Waals surface area contributed by atoms with Crippen molar-refractivity contribution in [3.8, 4) is 0 Å². The predicted octanol–water partition coefficient (Wildman–Crippen LogP) is 4.27. The average Bonchev–Trinajstić information content (AvgIpc) is 3.04. The van der Waals surface area contributed by atoms with Gasteiger partial charge in [-0.15, -0.1) is 11.3 Å². The fourth-order valence-corrected chi connectivity index (χ4v) is 3.86. The molecule has 3 aromatic rings. The molecule has 0 aliphatic carbocycles. The maximum atomic E-state index is 12.4. The second kappa shape index (κ2) is 6.33. The van der Waals surface area contributed by atoms with E-state index in [4.69, 9.17) is 9.47 Å². The van der Waals surface area contributed by atoms with Crippen molar-refractivity contribution in [2.45, 2.75) is 13.8 Å². The summed E-state index contributed by atoms with van der Waals surface area (Å²) in [4.78, 5) is 24.8. The van der Waals surface area contributed by atoms with Gasteiger partial charge in [-0.1, -0.05) is 15.9 Å². The average molecular weight is 396 g/mol. The number of ether oxygens (including phenoxy) is 2. The Kier molecular flexibility index (Phi) is 4.41. The van der Waals surface area contributed by atoms with Crippen molar-refractivity contribution in [2.24, 2.45) is 0 Å². The number of hydrogen-bond donors (Lipinski definition) is 0. The highest BCUT2D eigenvalue weighted by Gasteiger charge is 2.24. The van der Waals surface area contributed by atoms with Gasteiger partial charge in [-0.25, -0.2) is 9.59 Å². The van der Waals surface area contributed by atoms with Crippen LogP contribution in [0.3, 0.4) is 0 Å². The Hall–Kier alpha value is -1.86. The molecule has 0 aliphatic rings. The number of nitrogens with zero attached hydrogens (tertiary/aromatic N) is 1. The van der Waals surface area contributed by atoms with E-state index in [0.717, 1.165) is 20.2 Å². The number of rotatable bonds is 4. The molecular formula is C16H14BrNO4S. The van der Waals surface area contributed by atoms with Crippen molar-refractivity contribution < 1.29 is 19.1 Å². The minimum absolute atomic E-state index is 0.293. The van der Waals surface area contributed by atoms with Crippen molar-refractivity contribution in [3.63, 3.8) is 0 Å². The minimum atomic E-state index is -0.393. The summed E-state index contributed by atoms with van der Waals surface area (Å²) in [5.41, 5.74) is 2.02. The normalized spacial score (nSPS) is 11.1. The van der Waals surface area contributed by atoms with E-state index in [2.05, 4.69) is 15.9 Å². The van der Waals surface area contributed by atoms with E-state index in [1.807, 2.05) is 22.7 Å². The Balaban J connectivity index is 2.27. The van der Waals surface area contributed by atoms with Gasteiger partial charge in [0.1, 0.15) is 10.4 Å². The second-order valence-electron chi connectivity index (χ2n) is 4.74. The van der Waals surface area contributed by atoms with Gasteiger partial charge in [0.05, 0.1) is 28.9 Å². The van der Waals surface area contributed by atoms with E-state index >= 15 is 0 Å². The van der Waals surface area contributed by atoms with Crippen LogP contribution in [0, 0.1) is 0 Å². The highest BCUT2D eigenvalue weighted by molar-refractivity contribution is 9.10. The Morgan fingerprint density at radius 2 is 1.83 bits per heavy atom. The van der Waals surface area contributed by atoms with Gasteiger partial charge in [0, 0.05) is 10.7 Å². The molecule has 0 radical (unpaired) electrons. The number of aromatic nitrogens is 1. The molecule has 0 amide bonds. The first-order chi connectivity index (χ1) is 11.1. The summed E-state index contributed by atoms with van der Waals surface area (Å²) >= 11 is 4.67. The topological polar surface area (TPSA) is 57.0 Å². The van der Waals surface area contributed by atoms with Crippen molar-refractivity contribution in [1.29, 1.82) is 0 Å². The third-order valence-electron chi connectivity index (χ3n) is 3.33. The van der Waals surface area contributed by atoms with Crippen LogP contribution in [-0.4, -0.2) is 29.6 Å². The molecule has 3 rings (SSSR count). The van der Waals surface area contributed by atoms with Gasteiger partial charge in [-0.2, -0.15) is 0 Å². The van der Waals surface area contributed by atoms with Crippen LogP contribution in [0.15, 0.2) is 28.9 Å². The highest BCUT2D eigenvalue weighted by Crippen LogP contribution is 2.35. The molecule has 0 saturated heterocycles. The minimum Gasteiger partial charge on any atom is -0.462 e. The van der Waals surface area contributed by atoms with Crippen LogP contribution in [0.25, 0.3) is 15.7 Å². The maximum absolute atomic E-state index is 12.4. The van der Waals surface area contributed by atoms with Crippen molar-refractivity contribution >= 4 is 54.9 Å². The third-order valence-corrected chi connectivity index (χ3v) is 4.94. The van der Waals surface area contributed by atoms with Gasteiger partial charge in [0.25, 0.3) is 0 Å². The number of carbonyl (C=O) groups excluding carboxylic acids is 2. The molecule has 0 atom stereocenters. The highest BCUT2D eigenvalue weighted by atomic mass is 79.9. The molecule has 0 unspecified atom stereocenters. The molecule has 0 spiro atoms. The lowest BCUT2D eigenvalue weighted by molar-refractivity contribution is 0.0521. The largest absolute Gasteiger partial charge is 0.462 e. The van der Waals surface area contributed by atoms with Crippen LogP contribution in [0.5, 0.6) is 0 Å². The standard InChI is InChI=1S/C16H14BrNO4S/c1-3-21-15(19)12-8-11-14(23-12)13(16(20)22-4-2)10-7-9(17)5-6-18(10)11/h5-8H,3-4H2,1-2H3. The van der Waals surface area contributed by atoms with Crippen LogP contribution >= 0.6 is 27.3 Å². The lowest BCUT2D eigenvalue weighted by Gasteiger charge is -2.02. The quantitative estimate of drug-likeness (QED) is 0.618. The van der Waals surface area contributed by atoms with E-state index in [-0.39, 0.29) is 5.97 Å². The van der Waals surface area contributed by atoms with Crippen molar-refractivity contribution in [3.05, 3.63) is 39.3 Å². The molecule has 120 valence electrons. The molecule has 7 heteroatoms. The molecule has 0 bridgehead atoms. The molecule has 0 fully saturated rings. The summed E-state index contributed by atoms with van der Waals surface area (Å²) in [7, 11) is 0. The first kappa shape index (κ1) is 16.0. The van der Waals surface area contributed by atoms with Gasteiger partial charge in [-0.3, -0.25) is 0 Å². The summed E-state index contributed by atoms with van der Waals surface area (Å²) in [5, 5.41) is 0. The van der Waals surface area contributed by atoms with Gasteiger partial charge >= 0.3 is 11.9 Å². The summed E-state index contributed by atoms with van der Waals surface area (Å²) in [6.45, 7) is 4.13. The fraction of sp³-hybridized carbons (Fsp3) is 0.250. The zero-order valence-electron chi connectivity index (χ0n) is 12.6.